The first kappa shape index (κ1) is 20.9. The van der Waals surface area contributed by atoms with Crippen molar-refractivity contribution in [3.8, 4) is 0 Å². The third-order valence-electron chi connectivity index (χ3n) is 6.11. The van der Waals surface area contributed by atoms with Crippen LogP contribution in [-0.4, -0.2) is 36.6 Å². The summed E-state index contributed by atoms with van der Waals surface area (Å²) < 4.78 is 59.3. The maximum Gasteiger partial charge on any atom is 0.416 e. The number of fused-ring (bicyclic) bond motifs is 1. The van der Waals surface area contributed by atoms with Crippen molar-refractivity contribution in [1.82, 2.24) is 9.88 Å². The number of aromatic amines is 1. The highest BCUT2D eigenvalue weighted by molar-refractivity contribution is 5.83. The zero-order chi connectivity index (χ0) is 21.4. The normalized spacial score (nSPS) is 17.5. The molecule has 0 radical (unpaired) electrons. The fourth-order valence-corrected chi connectivity index (χ4v) is 4.25. The van der Waals surface area contributed by atoms with E-state index in [2.05, 4.69) is 16.9 Å². The predicted octanol–water partition coefficient (Wildman–Crippen LogP) is 5.51. The molecule has 1 N–H and O–H groups in total. The average molecular weight is 420 g/mol. The number of hydrogen-bond acceptors (Lipinski definition) is 2. The molecule has 0 saturated carbocycles. The maximum absolute atomic E-state index is 13.4. The Balaban J connectivity index is 1.57. The monoisotopic (exact) mass is 420 g/mol. The summed E-state index contributed by atoms with van der Waals surface area (Å²) in [6, 6.07) is 10.4. The van der Waals surface area contributed by atoms with E-state index < -0.39 is 11.7 Å². The number of alkyl halides is 3. The number of halogens is 4. The number of aromatic nitrogens is 1. The first-order valence-electron chi connectivity index (χ1n) is 9.96. The van der Waals surface area contributed by atoms with Gasteiger partial charge in [0.2, 0.25) is 0 Å². The molecule has 1 saturated heterocycles. The Morgan fingerprint density at radius 3 is 2.43 bits per heavy atom. The molecule has 1 aromatic heterocycles. The predicted molar refractivity (Wildman–Crippen MR) is 108 cm³/mol. The van der Waals surface area contributed by atoms with E-state index in [0.717, 1.165) is 43.6 Å². The molecule has 0 unspecified atom stereocenters. The molecule has 1 aliphatic rings. The van der Waals surface area contributed by atoms with Crippen molar-refractivity contribution in [3.05, 3.63) is 71.2 Å². The molecule has 1 aliphatic heterocycles. The van der Waals surface area contributed by atoms with E-state index in [1.807, 2.05) is 0 Å². The fraction of sp³-hybridized carbons (Fsp3) is 0.391. The minimum atomic E-state index is -4.41. The third kappa shape index (κ3) is 4.23. The lowest BCUT2D eigenvalue weighted by Gasteiger charge is -2.41. The Hall–Kier alpha value is -2.38. The molecule has 0 spiro atoms. The zero-order valence-electron chi connectivity index (χ0n) is 16.7. The lowest BCUT2D eigenvalue weighted by atomic mass is 9.73. The third-order valence-corrected chi connectivity index (χ3v) is 6.11. The number of likely N-dealkylation sites (tertiary alicyclic amines) is 1. The SMILES string of the molecule is CN1CCC(COCc2cc(C(F)(F)F)cc3cc[nH]c23)(c2ccc(F)cc2)CC1. The summed E-state index contributed by atoms with van der Waals surface area (Å²) >= 11 is 0. The molecular formula is C23H24F4N2O. The number of hydrogen-bond donors (Lipinski definition) is 1. The van der Waals surface area contributed by atoms with Crippen LogP contribution in [0.15, 0.2) is 48.7 Å². The first-order valence-corrected chi connectivity index (χ1v) is 9.96. The van der Waals surface area contributed by atoms with E-state index in [0.29, 0.717) is 23.1 Å². The summed E-state index contributed by atoms with van der Waals surface area (Å²) in [5, 5.41) is 0.510. The van der Waals surface area contributed by atoms with Gasteiger partial charge in [-0.15, -0.1) is 0 Å². The van der Waals surface area contributed by atoms with E-state index >= 15 is 0 Å². The summed E-state index contributed by atoms with van der Waals surface area (Å²) in [7, 11) is 2.06. The largest absolute Gasteiger partial charge is 0.416 e. The minimum absolute atomic E-state index is 0.0692. The van der Waals surface area contributed by atoms with Crippen LogP contribution in [-0.2, 0) is 22.9 Å². The average Bonchev–Trinajstić information content (AvgIpc) is 3.18. The molecule has 0 aliphatic carbocycles. The summed E-state index contributed by atoms with van der Waals surface area (Å²) in [5.41, 5.74) is 1.18. The Morgan fingerprint density at radius 1 is 1.07 bits per heavy atom. The number of nitrogens with one attached hydrogen (secondary N) is 1. The van der Waals surface area contributed by atoms with Gasteiger partial charge in [0, 0.05) is 22.6 Å². The highest BCUT2D eigenvalue weighted by Gasteiger charge is 2.36. The van der Waals surface area contributed by atoms with Gasteiger partial charge in [-0.25, -0.2) is 4.39 Å². The molecule has 1 fully saturated rings. The van der Waals surface area contributed by atoms with Gasteiger partial charge in [-0.2, -0.15) is 13.2 Å². The van der Waals surface area contributed by atoms with Crippen LogP contribution in [0.4, 0.5) is 17.6 Å². The second-order valence-electron chi connectivity index (χ2n) is 8.16. The fourth-order valence-electron chi connectivity index (χ4n) is 4.25. The van der Waals surface area contributed by atoms with Crippen LogP contribution in [0.5, 0.6) is 0 Å². The van der Waals surface area contributed by atoms with Gasteiger partial charge in [0.1, 0.15) is 5.82 Å². The van der Waals surface area contributed by atoms with Crippen molar-refractivity contribution in [2.24, 2.45) is 0 Å². The molecule has 30 heavy (non-hydrogen) atoms. The Labute approximate surface area is 172 Å². The first-order chi connectivity index (χ1) is 14.3. The number of ether oxygens (including phenoxy) is 1. The molecular weight excluding hydrogens is 396 g/mol. The molecule has 2 heterocycles. The van der Waals surface area contributed by atoms with Gasteiger partial charge in [0.05, 0.1) is 24.3 Å². The topological polar surface area (TPSA) is 28.3 Å². The number of H-pyrrole nitrogens is 1. The van der Waals surface area contributed by atoms with Gasteiger partial charge in [-0.05, 0) is 68.9 Å². The highest BCUT2D eigenvalue weighted by Crippen LogP contribution is 2.37. The molecule has 0 amide bonds. The van der Waals surface area contributed by atoms with E-state index in [1.54, 1.807) is 24.4 Å². The van der Waals surface area contributed by atoms with Crippen molar-refractivity contribution in [2.75, 3.05) is 26.7 Å². The quantitative estimate of drug-likeness (QED) is 0.552. The molecule has 0 bridgehead atoms. The number of nitrogens with zero attached hydrogens (tertiary/aromatic N) is 1. The second kappa shape index (κ2) is 8.04. The summed E-state index contributed by atoms with van der Waals surface area (Å²) in [6.07, 6.45) is -1.10. The van der Waals surface area contributed by atoms with Gasteiger partial charge >= 0.3 is 6.18 Å². The van der Waals surface area contributed by atoms with Crippen molar-refractivity contribution < 1.29 is 22.3 Å². The summed E-state index contributed by atoms with van der Waals surface area (Å²) in [5.74, 6) is -0.291. The van der Waals surface area contributed by atoms with Crippen LogP contribution in [0.1, 0.15) is 29.5 Å². The van der Waals surface area contributed by atoms with E-state index in [9.17, 15) is 17.6 Å². The van der Waals surface area contributed by atoms with Crippen molar-refractivity contribution in [2.45, 2.75) is 31.0 Å². The summed E-state index contributed by atoms with van der Waals surface area (Å²) in [6.45, 7) is 2.20. The highest BCUT2D eigenvalue weighted by atomic mass is 19.4. The van der Waals surface area contributed by atoms with Crippen LogP contribution in [0.3, 0.4) is 0 Å². The van der Waals surface area contributed by atoms with Crippen LogP contribution in [0.2, 0.25) is 0 Å². The number of piperidine rings is 1. The Morgan fingerprint density at radius 2 is 1.77 bits per heavy atom. The molecule has 7 heteroatoms. The smallest absolute Gasteiger partial charge is 0.376 e. The van der Waals surface area contributed by atoms with E-state index in [1.165, 1.54) is 12.1 Å². The van der Waals surface area contributed by atoms with Crippen molar-refractivity contribution >= 4 is 10.9 Å². The van der Waals surface area contributed by atoms with Crippen LogP contribution >= 0.6 is 0 Å². The van der Waals surface area contributed by atoms with Crippen LogP contribution in [0, 0.1) is 5.82 Å². The van der Waals surface area contributed by atoms with E-state index in [-0.39, 0.29) is 17.8 Å². The van der Waals surface area contributed by atoms with Gasteiger partial charge in [-0.3, -0.25) is 0 Å². The molecule has 160 valence electrons. The Kier molecular flexibility index (Phi) is 5.59. The van der Waals surface area contributed by atoms with Crippen LogP contribution < -0.4 is 0 Å². The molecule has 2 aromatic carbocycles. The molecule has 3 aromatic rings. The van der Waals surface area contributed by atoms with Gasteiger partial charge in [-0.1, -0.05) is 12.1 Å². The number of rotatable bonds is 5. The van der Waals surface area contributed by atoms with Crippen molar-refractivity contribution in [3.63, 3.8) is 0 Å². The van der Waals surface area contributed by atoms with Gasteiger partial charge in [0.25, 0.3) is 0 Å². The van der Waals surface area contributed by atoms with E-state index in [4.69, 9.17) is 4.74 Å². The zero-order valence-corrected chi connectivity index (χ0v) is 16.7. The second-order valence-corrected chi connectivity index (χ2v) is 8.16. The van der Waals surface area contributed by atoms with Crippen molar-refractivity contribution in [1.29, 1.82) is 0 Å². The summed E-state index contributed by atoms with van der Waals surface area (Å²) in [4.78, 5) is 5.25. The standard InChI is InChI=1S/C23H24F4N2O/c1-29-10-7-22(8-11-29,18-2-4-20(24)5-3-18)15-30-14-17-13-19(23(25,26)27)12-16-6-9-28-21(16)17/h2-6,9,12-13,28H,7-8,10-11,14-15H2,1H3. The van der Waals surface area contributed by atoms with Gasteiger partial charge in [0.15, 0.2) is 0 Å². The molecule has 4 rings (SSSR count). The Bertz CT molecular complexity index is 1000. The maximum atomic E-state index is 13.4. The van der Waals surface area contributed by atoms with Gasteiger partial charge < -0.3 is 14.6 Å². The minimum Gasteiger partial charge on any atom is -0.376 e. The number of benzene rings is 2. The van der Waals surface area contributed by atoms with Crippen LogP contribution in [0.25, 0.3) is 10.9 Å². The lowest BCUT2D eigenvalue weighted by Crippen LogP contribution is -2.43. The molecule has 0 atom stereocenters. The lowest BCUT2D eigenvalue weighted by molar-refractivity contribution is -0.137. The molecule has 3 nitrogen and oxygen atoms in total.